The maximum atomic E-state index is 14.0. The van der Waals surface area contributed by atoms with Gasteiger partial charge in [0.25, 0.3) is 0 Å². The minimum Gasteiger partial charge on any atom is -0.491 e. The summed E-state index contributed by atoms with van der Waals surface area (Å²) in [7, 11) is 0. The van der Waals surface area contributed by atoms with Crippen molar-refractivity contribution in [1.82, 2.24) is 4.90 Å². The van der Waals surface area contributed by atoms with Gasteiger partial charge in [0.05, 0.1) is 5.69 Å². The highest BCUT2D eigenvalue weighted by Crippen LogP contribution is 2.25. The second kappa shape index (κ2) is 10.3. The van der Waals surface area contributed by atoms with Crippen molar-refractivity contribution < 1.29 is 19.0 Å². The van der Waals surface area contributed by atoms with E-state index < -0.39 is 6.10 Å². The Morgan fingerprint density at radius 3 is 2.26 bits per heavy atom. The fourth-order valence-corrected chi connectivity index (χ4v) is 3.67. The Morgan fingerprint density at radius 1 is 0.806 bits per heavy atom. The molecule has 0 aromatic heterocycles. The second-order valence-electron chi connectivity index (χ2n) is 7.59. The summed E-state index contributed by atoms with van der Waals surface area (Å²) in [5.74, 6) is 1.90. The molecule has 1 heterocycles. The molecule has 31 heavy (non-hydrogen) atoms. The number of ether oxygens (including phenoxy) is 2. The monoisotopic (exact) mass is 422 g/mol. The smallest absolute Gasteiger partial charge is 0.146 e. The zero-order valence-electron chi connectivity index (χ0n) is 17.4. The molecule has 162 valence electrons. The first-order valence-electron chi connectivity index (χ1n) is 10.5. The number of hydrogen-bond donors (Lipinski definition) is 1. The third kappa shape index (κ3) is 5.96. The summed E-state index contributed by atoms with van der Waals surface area (Å²) in [6, 6.07) is 23.8. The molecule has 0 spiro atoms. The lowest BCUT2D eigenvalue weighted by Crippen LogP contribution is -2.49. The molecule has 1 aliphatic heterocycles. The predicted octanol–water partition coefficient (Wildman–Crippen LogP) is 4.18. The van der Waals surface area contributed by atoms with Gasteiger partial charge in [0.15, 0.2) is 0 Å². The summed E-state index contributed by atoms with van der Waals surface area (Å²) >= 11 is 0. The lowest BCUT2D eigenvalue weighted by molar-refractivity contribution is 0.0662. The highest BCUT2D eigenvalue weighted by atomic mass is 19.1. The minimum atomic E-state index is -0.612. The van der Waals surface area contributed by atoms with E-state index in [0.717, 1.165) is 31.9 Å². The first-order valence-corrected chi connectivity index (χ1v) is 10.5. The number of benzene rings is 3. The molecule has 1 N–H and O–H groups in total. The number of para-hydroxylation sites is 2. The van der Waals surface area contributed by atoms with Crippen LogP contribution in [0.1, 0.15) is 0 Å². The summed E-state index contributed by atoms with van der Waals surface area (Å²) in [5.41, 5.74) is 0.642. The third-order valence-electron chi connectivity index (χ3n) is 5.26. The summed E-state index contributed by atoms with van der Waals surface area (Å²) in [5, 5.41) is 10.4. The van der Waals surface area contributed by atoms with Gasteiger partial charge in [-0.3, -0.25) is 4.90 Å². The second-order valence-corrected chi connectivity index (χ2v) is 7.59. The van der Waals surface area contributed by atoms with Crippen LogP contribution in [0.4, 0.5) is 10.1 Å². The van der Waals surface area contributed by atoms with Crippen LogP contribution in [0, 0.1) is 5.82 Å². The van der Waals surface area contributed by atoms with Crippen molar-refractivity contribution in [3.8, 4) is 17.2 Å². The molecular formula is C25H27FN2O3. The largest absolute Gasteiger partial charge is 0.491 e. The Morgan fingerprint density at radius 2 is 1.48 bits per heavy atom. The van der Waals surface area contributed by atoms with E-state index >= 15 is 0 Å². The highest BCUT2D eigenvalue weighted by Gasteiger charge is 2.21. The Kier molecular flexibility index (Phi) is 7.02. The molecule has 3 aromatic carbocycles. The number of rotatable bonds is 8. The van der Waals surface area contributed by atoms with Crippen LogP contribution in [-0.4, -0.2) is 55.4 Å². The summed E-state index contributed by atoms with van der Waals surface area (Å²) in [6.45, 7) is 3.71. The van der Waals surface area contributed by atoms with E-state index in [9.17, 15) is 9.50 Å². The van der Waals surface area contributed by atoms with Crippen LogP contribution in [0.5, 0.6) is 17.2 Å². The molecular weight excluding hydrogens is 395 g/mol. The van der Waals surface area contributed by atoms with Crippen molar-refractivity contribution in [2.24, 2.45) is 0 Å². The van der Waals surface area contributed by atoms with Crippen LogP contribution in [0.25, 0.3) is 0 Å². The Bertz CT molecular complexity index is 962. The van der Waals surface area contributed by atoms with Crippen LogP contribution in [0.2, 0.25) is 0 Å². The third-order valence-corrected chi connectivity index (χ3v) is 5.26. The molecule has 0 saturated carbocycles. The van der Waals surface area contributed by atoms with Gasteiger partial charge in [-0.05, 0) is 36.4 Å². The zero-order valence-corrected chi connectivity index (χ0v) is 17.4. The molecule has 5 nitrogen and oxygen atoms in total. The van der Waals surface area contributed by atoms with Gasteiger partial charge >= 0.3 is 0 Å². The number of aliphatic hydroxyl groups is 1. The van der Waals surface area contributed by atoms with Crippen molar-refractivity contribution in [3.63, 3.8) is 0 Å². The van der Waals surface area contributed by atoms with Gasteiger partial charge in [-0.2, -0.15) is 0 Å². The molecule has 1 fully saturated rings. The SMILES string of the molecule is O[C@@H](COc1cccc(Oc2ccccc2)c1)CN1CCN(c2ccccc2F)CC1. The molecule has 0 bridgehead atoms. The number of aliphatic hydroxyl groups excluding tert-OH is 1. The number of piperazine rings is 1. The molecule has 1 saturated heterocycles. The van der Waals surface area contributed by atoms with Gasteiger partial charge in [0, 0.05) is 38.8 Å². The van der Waals surface area contributed by atoms with Crippen molar-refractivity contribution in [2.75, 3.05) is 44.2 Å². The average Bonchev–Trinajstić information content (AvgIpc) is 2.80. The number of halogens is 1. The van der Waals surface area contributed by atoms with E-state index in [1.54, 1.807) is 6.07 Å². The quantitative estimate of drug-likeness (QED) is 0.590. The molecule has 3 aromatic rings. The van der Waals surface area contributed by atoms with E-state index in [-0.39, 0.29) is 12.4 Å². The van der Waals surface area contributed by atoms with E-state index in [1.165, 1.54) is 6.07 Å². The summed E-state index contributed by atoms with van der Waals surface area (Å²) < 4.78 is 25.6. The lowest BCUT2D eigenvalue weighted by atomic mass is 10.2. The Labute approximate surface area is 182 Å². The molecule has 0 amide bonds. The minimum absolute atomic E-state index is 0.192. The Balaban J connectivity index is 1.22. The first-order chi connectivity index (χ1) is 15.2. The number of β-amino-alcohol motifs (C(OH)–C–C–N with tert-alkyl or cyclic N) is 1. The molecule has 1 aliphatic rings. The fraction of sp³-hybridized carbons (Fsp3) is 0.280. The molecule has 0 radical (unpaired) electrons. The average molecular weight is 423 g/mol. The molecule has 0 aliphatic carbocycles. The van der Waals surface area contributed by atoms with Gasteiger partial charge in [0.1, 0.15) is 35.8 Å². The summed E-state index contributed by atoms with van der Waals surface area (Å²) in [4.78, 5) is 4.23. The molecule has 1 atom stereocenters. The fourth-order valence-electron chi connectivity index (χ4n) is 3.67. The van der Waals surface area contributed by atoms with E-state index in [2.05, 4.69) is 4.90 Å². The highest BCUT2D eigenvalue weighted by molar-refractivity contribution is 5.48. The van der Waals surface area contributed by atoms with Crippen LogP contribution in [0.15, 0.2) is 78.9 Å². The number of nitrogens with zero attached hydrogens (tertiary/aromatic N) is 2. The zero-order chi connectivity index (χ0) is 21.5. The van der Waals surface area contributed by atoms with Crippen LogP contribution < -0.4 is 14.4 Å². The maximum Gasteiger partial charge on any atom is 0.146 e. The standard InChI is InChI=1S/C25H27FN2O3/c26-24-11-4-5-12-25(24)28-15-13-27(14-16-28)18-20(29)19-30-22-9-6-10-23(17-22)31-21-7-2-1-3-8-21/h1-12,17,20,29H,13-16,18-19H2/t20-/m1/s1. The lowest BCUT2D eigenvalue weighted by Gasteiger charge is -2.36. The van der Waals surface area contributed by atoms with Crippen molar-refractivity contribution >= 4 is 5.69 Å². The normalized spacial score (nSPS) is 15.5. The van der Waals surface area contributed by atoms with Crippen molar-refractivity contribution in [2.45, 2.75) is 6.10 Å². The van der Waals surface area contributed by atoms with E-state index in [0.29, 0.717) is 23.7 Å². The maximum absolute atomic E-state index is 14.0. The van der Waals surface area contributed by atoms with Gasteiger partial charge in [-0.25, -0.2) is 4.39 Å². The molecule has 6 heteroatoms. The number of hydrogen-bond acceptors (Lipinski definition) is 5. The van der Waals surface area contributed by atoms with Crippen LogP contribution >= 0.6 is 0 Å². The van der Waals surface area contributed by atoms with Gasteiger partial charge in [0.2, 0.25) is 0 Å². The van der Waals surface area contributed by atoms with Gasteiger partial charge in [-0.15, -0.1) is 0 Å². The predicted molar refractivity (Wildman–Crippen MR) is 120 cm³/mol. The topological polar surface area (TPSA) is 45.2 Å². The molecule has 0 unspecified atom stereocenters. The van der Waals surface area contributed by atoms with E-state index in [4.69, 9.17) is 9.47 Å². The van der Waals surface area contributed by atoms with Gasteiger partial charge in [-0.1, -0.05) is 36.4 Å². The summed E-state index contributed by atoms with van der Waals surface area (Å²) in [6.07, 6.45) is -0.612. The Hall–Kier alpha value is -3.09. The van der Waals surface area contributed by atoms with Crippen molar-refractivity contribution in [3.05, 3.63) is 84.7 Å². The number of anilines is 1. The van der Waals surface area contributed by atoms with Crippen LogP contribution in [0.3, 0.4) is 0 Å². The van der Waals surface area contributed by atoms with E-state index in [1.807, 2.05) is 71.6 Å². The van der Waals surface area contributed by atoms with Gasteiger partial charge < -0.3 is 19.5 Å². The van der Waals surface area contributed by atoms with Crippen LogP contribution in [-0.2, 0) is 0 Å². The van der Waals surface area contributed by atoms with Crippen molar-refractivity contribution in [1.29, 1.82) is 0 Å². The first kappa shape index (κ1) is 21.2. The molecule has 4 rings (SSSR count).